The zero-order valence-corrected chi connectivity index (χ0v) is 7.44. The number of morpholine rings is 1. The summed E-state index contributed by atoms with van der Waals surface area (Å²) >= 11 is 0. The molecule has 0 aliphatic carbocycles. The van der Waals surface area contributed by atoms with Crippen molar-refractivity contribution in [3.8, 4) is 0 Å². The minimum Gasteiger partial charge on any atom is -0.630 e. The minimum absolute atomic E-state index is 0.372. The van der Waals surface area contributed by atoms with Crippen molar-refractivity contribution in [1.29, 1.82) is 0 Å². The Morgan fingerprint density at radius 1 is 1.46 bits per heavy atom. The summed E-state index contributed by atoms with van der Waals surface area (Å²) in [6.45, 7) is 1.78. The van der Waals surface area contributed by atoms with E-state index in [9.17, 15) is 10.0 Å². The van der Waals surface area contributed by atoms with E-state index in [-0.39, 0.29) is 5.91 Å². The molecule has 0 bridgehead atoms. The second-order valence-corrected chi connectivity index (χ2v) is 3.55. The van der Waals surface area contributed by atoms with Gasteiger partial charge in [0.1, 0.15) is 0 Å². The molecule has 2 aliphatic rings. The molecule has 0 saturated carbocycles. The zero-order chi connectivity index (χ0) is 9.31. The van der Waals surface area contributed by atoms with Crippen LogP contribution >= 0.6 is 0 Å². The van der Waals surface area contributed by atoms with Gasteiger partial charge in [0.05, 0.1) is 26.2 Å². The van der Waals surface area contributed by atoms with Gasteiger partial charge in [-0.05, 0) is 0 Å². The molecule has 0 aromatic rings. The SMILES string of the molecule is O=C1[N]CCOC1[N+]1([O-])CCCC1. The Balaban J connectivity index is 2.08. The van der Waals surface area contributed by atoms with Gasteiger partial charge in [-0.1, -0.05) is 0 Å². The fourth-order valence-electron chi connectivity index (χ4n) is 1.91. The summed E-state index contributed by atoms with van der Waals surface area (Å²) in [6.07, 6.45) is 0.907. The van der Waals surface area contributed by atoms with Crippen LogP contribution in [0.15, 0.2) is 0 Å². The molecule has 1 radical (unpaired) electrons. The molecule has 73 valence electrons. The van der Waals surface area contributed by atoms with Gasteiger partial charge < -0.3 is 14.6 Å². The lowest BCUT2D eigenvalue weighted by Gasteiger charge is -2.44. The van der Waals surface area contributed by atoms with E-state index in [4.69, 9.17) is 4.74 Å². The first kappa shape index (κ1) is 8.93. The van der Waals surface area contributed by atoms with Gasteiger partial charge in [0.25, 0.3) is 6.23 Å². The van der Waals surface area contributed by atoms with Gasteiger partial charge in [-0.25, -0.2) is 5.32 Å². The number of hydroxylamine groups is 3. The van der Waals surface area contributed by atoms with Gasteiger partial charge in [0.2, 0.25) is 0 Å². The van der Waals surface area contributed by atoms with E-state index >= 15 is 0 Å². The molecule has 2 saturated heterocycles. The summed E-state index contributed by atoms with van der Waals surface area (Å²) in [5.41, 5.74) is 0. The van der Waals surface area contributed by atoms with Crippen LogP contribution in [0.3, 0.4) is 0 Å². The maximum absolute atomic E-state index is 12.0. The summed E-state index contributed by atoms with van der Waals surface area (Å²) < 4.78 is 4.68. The van der Waals surface area contributed by atoms with Crippen molar-refractivity contribution in [2.75, 3.05) is 26.2 Å². The normalized spacial score (nSPS) is 33.0. The maximum Gasteiger partial charge on any atom is 0.329 e. The highest BCUT2D eigenvalue weighted by Gasteiger charge is 2.40. The van der Waals surface area contributed by atoms with Crippen LogP contribution in [0, 0.1) is 5.21 Å². The Morgan fingerprint density at radius 3 is 2.77 bits per heavy atom. The number of ether oxygens (including phenoxy) is 1. The van der Waals surface area contributed by atoms with Crippen LogP contribution in [-0.2, 0) is 9.53 Å². The summed E-state index contributed by atoms with van der Waals surface area (Å²) in [6, 6.07) is 0. The average Bonchev–Trinajstić information content (AvgIpc) is 2.54. The third kappa shape index (κ3) is 1.54. The van der Waals surface area contributed by atoms with E-state index in [0.29, 0.717) is 26.2 Å². The quantitative estimate of drug-likeness (QED) is 0.412. The molecule has 1 atom stereocenters. The number of rotatable bonds is 1. The smallest absolute Gasteiger partial charge is 0.329 e. The van der Waals surface area contributed by atoms with Crippen molar-refractivity contribution >= 4 is 5.91 Å². The summed E-state index contributed by atoms with van der Waals surface area (Å²) in [4.78, 5) is 11.3. The minimum atomic E-state index is -0.865. The van der Waals surface area contributed by atoms with Gasteiger partial charge in [-0.2, -0.15) is 0 Å². The molecule has 1 amide bonds. The molecule has 2 rings (SSSR count). The lowest BCUT2D eigenvalue weighted by atomic mass is 10.4. The molecule has 2 fully saturated rings. The van der Waals surface area contributed by atoms with Crippen LogP contribution in [0.4, 0.5) is 0 Å². The third-order valence-electron chi connectivity index (χ3n) is 2.60. The van der Waals surface area contributed by atoms with Gasteiger partial charge in [0, 0.05) is 12.8 Å². The van der Waals surface area contributed by atoms with Crippen molar-refractivity contribution in [3.05, 3.63) is 5.21 Å². The molecule has 5 heteroatoms. The number of quaternary nitrogens is 1. The molecule has 0 N–H and O–H groups in total. The first-order valence-electron chi connectivity index (χ1n) is 4.63. The van der Waals surface area contributed by atoms with Gasteiger partial charge >= 0.3 is 5.91 Å². The monoisotopic (exact) mass is 185 g/mol. The predicted octanol–water partition coefficient (Wildman–Crippen LogP) is -0.418. The van der Waals surface area contributed by atoms with Crippen molar-refractivity contribution in [3.63, 3.8) is 0 Å². The van der Waals surface area contributed by atoms with E-state index in [2.05, 4.69) is 5.32 Å². The van der Waals surface area contributed by atoms with Gasteiger partial charge in [-0.15, -0.1) is 0 Å². The summed E-state index contributed by atoms with van der Waals surface area (Å²) in [5.74, 6) is -0.372. The number of likely N-dealkylation sites (tertiary alicyclic amines) is 1. The molecule has 1 unspecified atom stereocenters. The third-order valence-corrected chi connectivity index (χ3v) is 2.60. The molecule has 0 spiro atoms. The maximum atomic E-state index is 12.0. The Kier molecular flexibility index (Phi) is 2.23. The highest BCUT2D eigenvalue weighted by Crippen LogP contribution is 2.24. The Labute approximate surface area is 76.8 Å². The number of hydrogen-bond acceptors (Lipinski definition) is 3. The first-order chi connectivity index (χ1) is 6.22. The standard InChI is InChI=1S/C8H13N2O3/c11-7-8(13-6-3-9-7)10(12)4-1-2-5-10/h8H,1-6H2. The van der Waals surface area contributed by atoms with Gasteiger partial charge in [-0.3, -0.25) is 4.79 Å². The average molecular weight is 185 g/mol. The van der Waals surface area contributed by atoms with E-state index in [0.717, 1.165) is 12.8 Å². The van der Waals surface area contributed by atoms with E-state index in [1.54, 1.807) is 0 Å². The number of amides is 1. The van der Waals surface area contributed by atoms with E-state index in [1.807, 2.05) is 0 Å². The van der Waals surface area contributed by atoms with Crippen LogP contribution in [0.25, 0.3) is 0 Å². The molecule has 5 nitrogen and oxygen atoms in total. The first-order valence-corrected chi connectivity index (χ1v) is 4.63. The van der Waals surface area contributed by atoms with Crippen LogP contribution < -0.4 is 5.32 Å². The Hall–Kier alpha value is -0.650. The number of carbonyl (C=O) groups excluding carboxylic acids is 1. The predicted molar refractivity (Wildman–Crippen MR) is 44.3 cm³/mol. The molecular formula is C8H13N2O3. The van der Waals surface area contributed by atoms with Crippen molar-refractivity contribution in [2.24, 2.45) is 0 Å². The zero-order valence-electron chi connectivity index (χ0n) is 7.44. The number of hydrogen-bond donors (Lipinski definition) is 0. The van der Waals surface area contributed by atoms with Crippen LogP contribution in [0.2, 0.25) is 0 Å². The van der Waals surface area contributed by atoms with Crippen LogP contribution in [-0.4, -0.2) is 43.0 Å². The lowest BCUT2D eigenvalue weighted by Crippen LogP contribution is -2.58. The molecule has 13 heavy (non-hydrogen) atoms. The number of nitrogens with zero attached hydrogens (tertiary/aromatic N) is 2. The Morgan fingerprint density at radius 2 is 2.15 bits per heavy atom. The van der Waals surface area contributed by atoms with Crippen LogP contribution in [0.5, 0.6) is 0 Å². The second kappa shape index (κ2) is 3.25. The van der Waals surface area contributed by atoms with Crippen molar-refractivity contribution < 1.29 is 14.2 Å². The molecule has 0 aromatic heterocycles. The van der Waals surface area contributed by atoms with Crippen molar-refractivity contribution in [1.82, 2.24) is 5.32 Å². The molecule has 2 heterocycles. The highest BCUT2D eigenvalue weighted by atomic mass is 16.6. The van der Waals surface area contributed by atoms with E-state index < -0.39 is 10.9 Å². The fraction of sp³-hybridized carbons (Fsp3) is 0.875. The topological polar surface area (TPSA) is 63.5 Å². The van der Waals surface area contributed by atoms with Crippen LogP contribution in [0.1, 0.15) is 12.8 Å². The largest absolute Gasteiger partial charge is 0.630 e. The molecule has 0 aromatic carbocycles. The fourth-order valence-corrected chi connectivity index (χ4v) is 1.91. The van der Waals surface area contributed by atoms with E-state index in [1.165, 1.54) is 0 Å². The summed E-state index contributed by atoms with van der Waals surface area (Å²) in [7, 11) is 0. The summed E-state index contributed by atoms with van der Waals surface area (Å²) in [5, 5.41) is 15.7. The second-order valence-electron chi connectivity index (χ2n) is 3.55. The number of carbonyl (C=O) groups is 1. The highest BCUT2D eigenvalue weighted by molar-refractivity contribution is 5.79. The molecular weight excluding hydrogens is 172 g/mol. The van der Waals surface area contributed by atoms with Gasteiger partial charge in [0.15, 0.2) is 0 Å². The van der Waals surface area contributed by atoms with Crippen molar-refractivity contribution in [2.45, 2.75) is 19.1 Å². The lowest BCUT2D eigenvalue weighted by molar-refractivity contribution is -0.907. The molecule has 2 aliphatic heterocycles. The Bertz CT molecular complexity index is 213.